The number of H-pyrrole nitrogens is 1. The number of aryl methyl sites for hydroxylation is 1. The Balaban J connectivity index is 0.00000162. The Morgan fingerprint density at radius 2 is 1.85 bits per heavy atom. The molecule has 0 spiro atoms. The number of methoxy groups -OCH3 is 1. The van der Waals surface area contributed by atoms with Crippen LogP contribution in [0.4, 0.5) is 10.1 Å². The lowest BCUT2D eigenvalue weighted by Gasteiger charge is -2.34. The number of ether oxygens (including phenoxy) is 1. The first-order valence-electron chi connectivity index (χ1n) is 10.8. The average molecular weight is 504 g/mol. The maximum Gasteiger partial charge on any atom is 0.133 e. The molecule has 0 radical (unpaired) electrons. The molecule has 1 saturated heterocycles. The zero-order valence-electron chi connectivity index (χ0n) is 19.0. The highest BCUT2D eigenvalue weighted by Crippen LogP contribution is 2.40. The lowest BCUT2D eigenvalue weighted by atomic mass is 9.98. The number of nitrogens with one attached hydrogen (secondary N) is 1. The Bertz CT molecular complexity index is 1270. The maximum absolute atomic E-state index is 14.3. The van der Waals surface area contributed by atoms with Gasteiger partial charge in [0.15, 0.2) is 0 Å². The van der Waals surface area contributed by atoms with Gasteiger partial charge in [0, 0.05) is 41.7 Å². The summed E-state index contributed by atoms with van der Waals surface area (Å²) in [5, 5.41) is 9.89. The molecule has 4 aromatic rings. The zero-order chi connectivity index (χ0) is 22.2. The van der Waals surface area contributed by atoms with E-state index in [-0.39, 0.29) is 36.7 Å². The molecule has 1 fully saturated rings. The molecule has 3 N–H and O–H groups in total. The Morgan fingerprint density at radius 3 is 2.56 bits per heavy atom. The minimum atomic E-state index is -0.261. The molecular formula is C25H28Cl2FN5O. The van der Waals surface area contributed by atoms with E-state index in [4.69, 9.17) is 10.5 Å². The van der Waals surface area contributed by atoms with Crippen molar-refractivity contribution in [3.8, 4) is 28.3 Å². The fourth-order valence-corrected chi connectivity index (χ4v) is 4.47. The van der Waals surface area contributed by atoms with E-state index in [0.717, 1.165) is 76.3 Å². The van der Waals surface area contributed by atoms with E-state index in [2.05, 4.69) is 26.1 Å². The summed E-state index contributed by atoms with van der Waals surface area (Å²) in [5.41, 5.74) is 12.2. The summed E-state index contributed by atoms with van der Waals surface area (Å²) in [7, 11) is 1.65. The second-order valence-electron chi connectivity index (χ2n) is 8.43. The third-order valence-electron chi connectivity index (χ3n) is 6.12. The first kappa shape index (κ1) is 25.7. The highest BCUT2D eigenvalue weighted by molar-refractivity contribution is 5.93. The molecule has 2 aromatic heterocycles. The van der Waals surface area contributed by atoms with Gasteiger partial charge in [-0.1, -0.05) is 6.07 Å². The molecule has 0 aliphatic carbocycles. The van der Waals surface area contributed by atoms with Crippen LogP contribution in [0.5, 0.6) is 5.75 Å². The summed E-state index contributed by atoms with van der Waals surface area (Å²) >= 11 is 0. The van der Waals surface area contributed by atoms with E-state index in [1.54, 1.807) is 19.4 Å². The van der Waals surface area contributed by atoms with Crippen LogP contribution in [-0.2, 0) is 0 Å². The molecule has 1 aliphatic rings. The molecule has 3 heterocycles. The van der Waals surface area contributed by atoms with E-state index in [1.165, 1.54) is 6.07 Å². The molecule has 1 aliphatic heterocycles. The Morgan fingerprint density at radius 1 is 1.09 bits per heavy atom. The van der Waals surface area contributed by atoms with Crippen LogP contribution in [0.1, 0.15) is 18.4 Å². The monoisotopic (exact) mass is 503 g/mol. The van der Waals surface area contributed by atoms with Crippen molar-refractivity contribution in [2.45, 2.75) is 25.8 Å². The Kier molecular flexibility index (Phi) is 8.02. The van der Waals surface area contributed by atoms with Crippen molar-refractivity contribution in [2.24, 2.45) is 5.73 Å². The van der Waals surface area contributed by atoms with Gasteiger partial charge in [-0.05, 0) is 61.2 Å². The topological polar surface area (TPSA) is 80.1 Å². The van der Waals surface area contributed by atoms with E-state index < -0.39 is 0 Å². The molecule has 5 rings (SSSR count). The number of fused-ring (bicyclic) bond motifs is 1. The summed E-state index contributed by atoms with van der Waals surface area (Å²) in [5.74, 6) is 0.522. The number of nitrogens with zero attached hydrogens (tertiary/aromatic N) is 3. The normalized spacial score (nSPS) is 13.9. The van der Waals surface area contributed by atoms with Gasteiger partial charge in [-0.15, -0.1) is 29.9 Å². The smallest absolute Gasteiger partial charge is 0.133 e. The lowest BCUT2D eigenvalue weighted by Crippen LogP contribution is -2.40. The van der Waals surface area contributed by atoms with Crippen LogP contribution in [0.3, 0.4) is 0 Å². The molecule has 34 heavy (non-hydrogen) atoms. The minimum absolute atomic E-state index is 0. The number of hydrogen-bond donors (Lipinski definition) is 2. The number of aromatic nitrogens is 3. The molecule has 0 unspecified atom stereocenters. The van der Waals surface area contributed by atoms with Crippen molar-refractivity contribution in [3.05, 3.63) is 60.0 Å². The minimum Gasteiger partial charge on any atom is -0.497 e. The molecule has 180 valence electrons. The fraction of sp³-hybridized carbons (Fsp3) is 0.280. The summed E-state index contributed by atoms with van der Waals surface area (Å²) in [6, 6.07) is 13.3. The second-order valence-corrected chi connectivity index (χ2v) is 8.43. The Labute approximate surface area is 210 Å². The molecule has 6 nitrogen and oxygen atoms in total. The summed E-state index contributed by atoms with van der Waals surface area (Å²) in [6.45, 7) is 3.52. The van der Waals surface area contributed by atoms with E-state index in [9.17, 15) is 4.39 Å². The number of aromatic amines is 1. The largest absolute Gasteiger partial charge is 0.497 e. The SMILES string of the molecule is COc1ccc2cc(-c3nncc(-c4cc(C)cc(F)c4)c3N3CCC(N)CC3)[nH]c2c1.Cl.Cl. The van der Waals surface area contributed by atoms with Gasteiger partial charge in [0.05, 0.1) is 24.7 Å². The van der Waals surface area contributed by atoms with Crippen molar-refractivity contribution < 1.29 is 9.13 Å². The number of rotatable bonds is 4. The average Bonchev–Trinajstić information content (AvgIpc) is 3.21. The number of piperidine rings is 1. The summed E-state index contributed by atoms with van der Waals surface area (Å²) in [6.07, 6.45) is 3.52. The molecule has 0 bridgehead atoms. The zero-order valence-corrected chi connectivity index (χ0v) is 20.7. The first-order valence-corrected chi connectivity index (χ1v) is 10.8. The number of nitrogens with two attached hydrogens (primary N) is 1. The quantitative estimate of drug-likeness (QED) is 0.383. The van der Waals surface area contributed by atoms with Crippen molar-refractivity contribution in [2.75, 3.05) is 25.1 Å². The molecule has 0 amide bonds. The van der Waals surface area contributed by atoms with E-state index in [0.29, 0.717) is 0 Å². The number of halogens is 3. The maximum atomic E-state index is 14.3. The van der Waals surface area contributed by atoms with Crippen LogP contribution in [0.25, 0.3) is 33.4 Å². The van der Waals surface area contributed by atoms with Gasteiger partial charge in [0.25, 0.3) is 0 Å². The molecule has 0 saturated carbocycles. The standard InChI is InChI=1S/C25H26FN5O.2ClH/c1-15-9-17(11-18(26)10-15)21-14-28-30-24(25(21)31-7-5-19(27)6-8-31)23-12-16-3-4-20(32-2)13-22(16)29-23;;/h3-4,9-14,19,29H,5-8,27H2,1-2H3;2*1H. The van der Waals surface area contributed by atoms with Crippen LogP contribution in [-0.4, -0.2) is 41.4 Å². The van der Waals surface area contributed by atoms with Crippen LogP contribution in [0, 0.1) is 12.7 Å². The van der Waals surface area contributed by atoms with Crippen LogP contribution < -0.4 is 15.4 Å². The van der Waals surface area contributed by atoms with Gasteiger partial charge < -0.3 is 20.4 Å². The van der Waals surface area contributed by atoms with Crippen molar-refractivity contribution in [3.63, 3.8) is 0 Å². The van der Waals surface area contributed by atoms with Crippen LogP contribution in [0.2, 0.25) is 0 Å². The summed E-state index contributed by atoms with van der Waals surface area (Å²) < 4.78 is 19.7. The number of benzene rings is 2. The lowest BCUT2D eigenvalue weighted by molar-refractivity contribution is 0.415. The highest BCUT2D eigenvalue weighted by atomic mass is 35.5. The predicted octanol–water partition coefficient (Wildman–Crippen LogP) is 5.52. The van der Waals surface area contributed by atoms with E-state index in [1.807, 2.05) is 31.2 Å². The second kappa shape index (κ2) is 10.6. The fourth-order valence-electron chi connectivity index (χ4n) is 4.47. The van der Waals surface area contributed by atoms with Crippen LogP contribution >= 0.6 is 24.8 Å². The van der Waals surface area contributed by atoms with Crippen molar-refractivity contribution in [1.82, 2.24) is 15.2 Å². The first-order chi connectivity index (χ1) is 15.5. The predicted molar refractivity (Wildman–Crippen MR) is 140 cm³/mol. The molecule has 2 aromatic carbocycles. The van der Waals surface area contributed by atoms with Gasteiger partial charge in [0.1, 0.15) is 17.3 Å². The molecule has 0 atom stereocenters. The number of hydrogen-bond acceptors (Lipinski definition) is 5. The van der Waals surface area contributed by atoms with Crippen LogP contribution in [0.15, 0.2) is 48.7 Å². The van der Waals surface area contributed by atoms with Gasteiger partial charge in [0.2, 0.25) is 0 Å². The van der Waals surface area contributed by atoms with Crippen molar-refractivity contribution in [1.29, 1.82) is 0 Å². The van der Waals surface area contributed by atoms with E-state index >= 15 is 0 Å². The third kappa shape index (κ3) is 4.97. The van der Waals surface area contributed by atoms with Crippen molar-refractivity contribution >= 4 is 41.4 Å². The van der Waals surface area contributed by atoms with Gasteiger partial charge in [-0.2, -0.15) is 5.10 Å². The molecular weight excluding hydrogens is 476 g/mol. The van der Waals surface area contributed by atoms with Gasteiger partial charge in [-0.25, -0.2) is 4.39 Å². The molecule has 9 heteroatoms. The third-order valence-corrected chi connectivity index (χ3v) is 6.12. The Hall–Kier alpha value is -2.87. The van der Waals surface area contributed by atoms with Gasteiger partial charge >= 0.3 is 0 Å². The summed E-state index contributed by atoms with van der Waals surface area (Å²) in [4.78, 5) is 5.77. The van der Waals surface area contributed by atoms with Gasteiger partial charge in [-0.3, -0.25) is 0 Å². The highest BCUT2D eigenvalue weighted by Gasteiger charge is 2.25. The number of anilines is 1.